The Morgan fingerprint density at radius 2 is 2.12 bits per heavy atom. The fourth-order valence-corrected chi connectivity index (χ4v) is 2.77. The molecule has 0 aromatic heterocycles. The Labute approximate surface area is 98.8 Å². The van der Waals surface area contributed by atoms with Gasteiger partial charge in [0.1, 0.15) is 6.04 Å². The first-order valence-electron chi connectivity index (χ1n) is 6.69. The number of nitrogens with zero attached hydrogens (tertiary/aromatic N) is 1. The second-order valence-electron chi connectivity index (χ2n) is 4.79. The van der Waals surface area contributed by atoms with Gasteiger partial charge in [-0.2, -0.15) is 0 Å². The minimum absolute atomic E-state index is 0.237. The summed E-state index contributed by atoms with van der Waals surface area (Å²) < 4.78 is 0. The van der Waals surface area contributed by atoms with Crippen molar-refractivity contribution in [2.45, 2.75) is 70.9 Å². The summed E-state index contributed by atoms with van der Waals surface area (Å²) in [6.45, 7) is 5.32. The van der Waals surface area contributed by atoms with Gasteiger partial charge in [0.15, 0.2) is 0 Å². The van der Waals surface area contributed by atoms with E-state index in [0.717, 1.165) is 45.1 Å². The van der Waals surface area contributed by atoms with E-state index in [4.69, 9.17) is 0 Å². The van der Waals surface area contributed by atoms with Crippen molar-refractivity contribution in [1.82, 2.24) is 4.90 Å². The fraction of sp³-hybridized carbons (Fsp3) is 0.923. The minimum Gasteiger partial charge on any atom is -0.480 e. The number of carboxylic acid groups (broad SMARTS) is 1. The van der Waals surface area contributed by atoms with Gasteiger partial charge in [-0.05, 0) is 32.2 Å². The minimum atomic E-state index is -0.628. The van der Waals surface area contributed by atoms with Crippen molar-refractivity contribution in [1.29, 1.82) is 0 Å². The van der Waals surface area contributed by atoms with Gasteiger partial charge in [-0.15, -0.1) is 0 Å². The summed E-state index contributed by atoms with van der Waals surface area (Å²) in [5.74, 6) is -0.628. The molecule has 0 bridgehead atoms. The molecule has 0 spiro atoms. The van der Waals surface area contributed by atoms with Gasteiger partial charge in [0, 0.05) is 6.04 Å². The Bertz CT molecular complexity index is 218. The average molecular weight is 227 g/mol. The summed E-state index contributed by atoms with van der Waals surface area (Å²) in [5.41, 5.74) is 0. The molecule has 0 aromatic rings. The first-order chi connectivity index (χ1) is 7.70. The van der Waals surface area contributed by atoms with Gasteiger partial charge in [-0.3, -0.25) is 9.69 Å². The molecule has 1 saturated heterocycles. The molecule has 3 heteroatoms. The lowest BCUT2D eigenvalue weighted by Gasteiger charge is -2.34. The maximum atomic E-state index is 11.3. The molecule has 2 unspecified atom stereocenters. The highest BCUT2D eigenvalue weighted by Gasteiger charge is 2.30. The standard InChI is InChI=1S/C13H25NO2/c1-3-8-11(4-2)14-10-7-5-6-9-12(14)13(15)16/h11-12H,3-10H2,1-2H3,(H,15,16). The summed E-state index contributed by atoms with van der Waals surface area (Å²) in [4.78, 5) is 13.5. The Hall–Kier alpha value is -0.570. The first kappa shape index (κ1) is 13.5. The van der Waals surface area contributed by atoms with Crippen LogP contribution >= 0.6 is 0 Å². The zero-order valence-electron chi connectivity index (χ0n) is 10.6. The van der Waals surface area contributed by atoms with Gasteiger partial charge in [0.05, 0.1) is 0 Å². The molecule has 2 atom stereocenters. The third kappa shape index (κ3) is 3.48. The Morgan fingerprint density at radius 3 is 2.69 bits per heavy atom. The Balaban J connectivity index is 2.72. The third-order valence-electron chi connectivity index (χ3n) is 3.64. The molecule has 3 nitrogen and oxygen atoms in total. The van der Waals surface area contributed by atoms with Crippen molar-refractivity contribution in [2.75, 3.05) is 6.54 Å². The summed E-state index contributed by atoms with van der Waals surface area (Å²) in [6.07, 6.45) is 7.57. The van der Waals surface area contributed by atoms with E-state index in [1.807, 2.05) is 0 Å². The highest BCUT2D eigenvalue weighted by molar-refractivity contribution is 5.73. The van der Waals surface area contributed by atoms with Crippen LogP contribution in [0.25, 0.3) is 0 Å². The molecule has 1 aliphatic rings. The maximum Gasteiger partial charge on any atom is 0.320 e. The van der Waals surface area contributed by atoms with E-state index in [1.165, 1.54) is 6.42 Å². The lowest BCUT2D eigenvalue weighted by molar-refractivity contribution is -0.144. The smallest absolute Gasteiger partial charge is 0.320 e. The SMILES string of the molecule is CCCC(CC)N1CCCCCC1C(=O)O. The zero-order valence-corrected chi connectivity index (χ0v) is 10.6. The van der Waals surface area contributed by atoms with E-state index >= 15 is 0 Å². The molecule has 1 N–H and O–H groups in total. The summed E-state index contributed by atoms with van der Waals surface area (Å²) in [7, 11) is 0. The predicted molar refractivity (Wildman–Crippen MR) is 65.6 cm³/mol. The lowest BCUT2D eigenvalue weighted by atomic mass is 10.0. The Kier molecular flexibility index (Phi) is 5.81. The molecule has 1 heterocycles. The topological polar surface area (TPSA) is 40.5 Å². The fourth-order valence-electron chi connectivity index (χ4n) is 2.77. The van der Waals surface area contributed by atoms with Crippen LogP contribution in [0.15, 0.2) is 0 Å². The van der Waals surface area contributed by atoms with E-state index in [2.05, 4.69) is 18.7 Å². The van der Waals surface area contributed by atoms with Crippen molar-refractivity contribution < 1.29 is 9.90 Å². The quantitative estimate of drug-likeness (QED) is 0.785. The molecule has 94 valence electrons. The van der Waals surface area contributed by atoms with Gasteiger partial charge in [0.25, 0.3) is 0 Å². The molecular weight excluding hydrogens is 202 g/mol. The molecule has 16 heavy (non-hydrogen) atoms. The van der Waals surface area contributed by atoms with Crippen molar-refractivity contribution in [3.63, 3.8) is 0 Å². The van der Waals surface area contributed by atoms with Gasteiger partial charge >= 0.3 is 5.97 Å². The molecule has 0 radical (unpaired) electrons. The van der Waals surface area contributed by atoms with Crippen LogP contribution in [-0.2, 0) is 4.79 Å². The number of rotatable bonds is 5. The van der Waals surface area contributed by atoms with Crippen molar-refractivity contribution in [3.05, 3.63) is 0 Å². The summed E-state index contributed by atoms with van der Waals surface area (Å²) in [5, 5.41) is 9.30. The summed E-state index contributed by atoms with van der Waals surface area (Å²) in [6, 6.07) is 0.225. The number of carboxylic acids is 1. The Morgan fingerprint density at radius 1 is 1.38 bits per heavy atom. The predicted octanol–water partition coefficient (Wildman–Crippen LogP) is 2.89. The van der Waals surface area contributed by atoms with Crippen LogP contribution in [0, 0.1) is 0 Å². The number of carbonyl (C=O) groups is 1. The normalized spacial score (nSPS) is 25.0. The van der Waals surface area contributed by atoms with Gasteiger partial charge in [-0.1, -0.05) is 33.1 Å². The van der Waals surface area contributed by atoms with E-state index in [-0.39, 0.29) is 6.04 Å². The van der Waals surface area contributed by atoms with Crippen LogP contribution in [0.3, 0.4) is 0 Å². The number of hydrogen-bond donors (Lipinski definition) is 1. The van der Waals surface area contributed by atoms with Crippen LogP contribution in [0.5, 0.6) is 0 Å². The number of likely N-dealkylation sites (tertiary alicyclic amines) is 1. The van der Waals surface area contributed by atoms with Gasteiger partial charge in [0.2, 0.25) is 0 Å². The highest BCUT2D eigenvalue weighted by atomic mass is 16.4. The lowest BCUT2D eigenvalue weighted by Crippen LogP contribution is -2.46. The van der Waals surface area contributed by atoms with Crippen LogP contribution in [0.1, 0.15) is 58.8 Å². The van der Waals surface area contributed by atoms with Crippen LogP contribution in [0.2, 0.25) is 0 Å². The van der Waals surface area contributed by atoms with Crippen LogP contribution in [-0.4, -0.2) is 34.6 Å². The zero-order chi connectivity index (χ0) is 12.0. The first-order valence-corrected chi connectivity index (χ1v) is 6.69. The van der Waals surface area contributed by atoms with Crippen LogP contribution < -0.4 is 0 Å². The number of aliphatic carboxylic acids is 1. The van der Waals surface area contributed by atoms with Crippen molar-refractivity contribution >= 4 is 5.97 Å². The maximum absolute atomic E-state index is 11.3. The van der Waals surface area contributed by atoms with Crippen molar-refractivity contribution in [3.8, 4) is 0 Å². The van der Waals surface area contributed by atoms with E-state index < -0.39 is 5.97 Å². The molecular formula is C13H25NO2. The third-order valence-corrected chi connectivity index (χ3v) is 3.64. The average Bonchev–Trinajstić information content (AvgIpc) is 2.51. The monoisotopic (exact) mass is 227 g/mol. The van der Waals surface area contributed by atoms with Crippen molar-refractivity contribution in [2.24, 2.45) is 0 Å². The van der Waals surface area contributed by atoms with E-state index in [1.54, 1.807) is 0 Å². The van der Waals surface area contributed by atoms with E-state index in [9.17, 15) is 9.90 Å². The van der Waals surface area contributed by atoms with Crippen LogP contribution in [0.4, 0.5) is 0 Å². The summed E-state index contributed by atoms with van der Waals surface area (Å²) >= 11 is 0. The molecule has 0 aromatic carbocycles. The number of hydrogen-bond acceptors (Lipinski definition) is 2. The molecule has 0 amide bonds. The van der Waals surface area contributed by atoms with E-state index in [0.29, 0.717) is 6.04 Å². The van der Waals surface area contributed by atoms with Gasteiger partial charge in [-0.25, -0.2) is 0 Å². The highest BCUT2D eigenvalue weighted by Crippen LogP contribution is 2.23. The molecule has 1 aliphatic heterocycles. The molecule has 1 rings (SSSR count). The largest absolute Gasteiger partial charge is 0.480 e. The van der Waals surface area contributed by atoms with Gasteiger partial charge < -0.3 is 5.11 Å². The second-order valence-corrected chi connectivity index (χ2v) is 4.79. The molecule has 1 fully saturated rings. The molecule has 0 saturated carbocycles. The second kappa shape index (κ2) is 6.89. The molecule has 0 aliphatic carbocycles.